The van der Waals surface area contributed by atoms with Gasteiger partial charge < -0.3 is 10.1 Å². The molecule has 0 spiro atoms. The molecule has 6 heteroatoms. The molecule has 1 aromatic carbocycles. The number of carbonyl (C=O) groups is 2. The number of rotatable bonds is 8. The van der Waals surface area contributed by atoms with Gasteiger partial charge in [0.15, 0.2) is 5.69 Å². The van der Waals surface area contributed by atoms with Crippen LogP contribution in [0.3, 0.4) is 0 Å². The summed E-state index contributed by atoms with van der Waals surface area (Å²) in [5, 5.41) is 10.7. The highest BCUT2D eigenvalue weighted by Gasteiger charge is 2.13. The summed E-state index contributed by atoms with van der Waals surface area (Å²) >= 11 is 0. The van der Waals surface area contributed by atoms with Gasteiger partial charge in [-0.3, -0.25) is 14.7 Å². The molecule has 23 heavy (non-hydrogen) atoms. The number of fused-ring (bicyclic) bond motifs is 1. The van der Waals surface area contributed by atoms with Crippen LogP contribution in [-0.4, -0.2) is 35.7 Å². The topological polar surface area (TPSA) is 84.1 Å². The van der Waals surface area contributed by atoms with Crippen molar-refractivity contribution in [1.82, 2.24) is 15.5 Å². The van der Waals surface area contributed by atoms with Gasteiger partial charge in [0.05, 0.1) is 12.6 Å². The number of carbonyl (C=O) groups excluding carboxylic acids is 2. The normalized spacial score (nSPS) is 10.7. The molecule has 1 heterocycles. The number of aromatic amines is 1. The zero-order valence-electron chi connectivity index (χ0n) is 13.6. The number of ether oxygens (including phenoxy) is 1. The predicted molar refractivity (Wildman–Crippen MR) is 88.3 cm³/mol. The summed E-state index contributed by atoms with van der Waals surface area (Å²) in [4.78, 5) is 23.2. The Morgan fingerprint density at radius 2 is 2.00 bits per heavy atom. The Balaban J connectivity index is 1.72. The summed E-state index contributed by atoms with van der Waals surface area (Å²) < 4.78 is 4.59. The number of aromatic nitrogens is 2. The number of hydrogen-bond donors (Lipinski definition) is 2. The van der Waals surface area contributed by atoms with E-state index in [0.717, 1.165) is 42.1 Å². The van der Waals surface area contributed by atoms with Crippen molar-refractivity contribution in [2.24, 2.45) is 0 Å². The average Bonchev–Trinajstić information content (AvgIpc) is 2.96. The van der Waals surface area contributed by atoms with Crippen LogP contribution in [0.5, 0.6) is 0 Å². The number of H-pyrrole nitrogens is 1. The van der Waals surface area contributed by atoms with Gasteiger partial charge in [0.2, 0.25) is 0 Å². The van der Waals surface area contributed by atoms with Crippen LogP contribution in [-0.2, 0) is 9.53 Å². The van der Waals surface area contributed by atoms with Crippen LogP contribution in [0.4, 0.5) is 0 Å². The monoisotopic (exact) mass is 317 g/mol. The Kier molecular flexibility index (Phi) is 6.14. The molecule has 2 aromatic rings. The molecule has 124 valence electrons. The van der Waals surface area contributed by atoms with E-state index in [1.807, 2.05) is 25.1 Å². The zero-order valence-corrected chi connectivity index (χ0v) is 13.6. The fraction of sp³-hybridized carbons (Fsp3) is 0.471. The molecule has 1 amide bonds. The van der Waals surface area contributed by atoms with Gasteiger partial charge in [-0.05, 0) is 31.9 Å². The van der Waals surface area contributed by atoms with Crippen molar-refractivity contribution in [1.29, 1.82) is 0 Å². The quantitative estimate of drug-likeness (QED) is 0.579. The largest absolute Gasteiger partial charge is 0.469 e. The smallest absolute Gasteiger partial charge is 0.305 e. The number of aryl methyl sites for hydroxylation is 1. The van der Waals surface area contributed by atoms with Crippen molar-refractivity contribution < 1.29 is 14.3 Å². The van der Waals surface area contributed by atoms with Crippen molar-refractivity contribution in [3.05, 3.63) is 29.5 Å². The highest BCUT2D eigenvalue weighted by atomic mass is 16.5. The Morgan fingerprint density at radius 3 is 2.78 bits per heavy atom. The van der Waals surface area contributed by atoms with Gasteiger partial charge in [0.25, 0.3) is 5.91 Å². The van der Waals surface area contributed by atoms with Crippen LogP contribution in [0.15, 0.2) is 18.2 Å². The van der Waals surface area contributed by atoms with Crippen LogP contribution in [0.2, 0.25) is 0 Å². The standard InChI is InChI=1S/C17H23N3O3/c1-12-8-9-14-13(11-12)16(20-19-14)17(22)18-10-6-4-3-5-7-15(21)23-2/h8-9,11H,3-7,10H2,1-2H3,(H,18,22)(H,19,20). The molecule has 2 N–H and O–H groups in total. The lowest BCUT2D eigenvalue weighted by Gasteiger charge is -2.04. The first kappa shape index (κ1) is 17.0. The Morgan fingerprint density at radius 1 is 1.22 bits per heavy atom. The first-order chi connectivity index (χ1) is 11.1. The Hall–Kier alpha value is -2.37. The van der Waals surface area contributed by atoms with Crippen LogP contribution in [0, 0.1) is 6.92 Å². The van der Waals surface area contributed by atoms with Crippen LogP contribution < -0.4 is 5.32 Å². The first-order valence-corrected chi connectivity index (χ1v) is 7.91. The maximum absolute atomic E-state index is 12.2. The number of hydrogen-bond acceptors (Lipinski definition) is 4. The molecule has 0 saturated heterocycles. The molecule has 0 bridgehead atoms. The summed E-state index contributed by atoms with van der Waals surface area (Å²) in [6.07, 6.45) is 4.09. The van der Waals surface area contributed by atoms with E-state index in [1.165, 1.54) is 7.11 Å². The minimum Gasteiger partial charge on any atom is -0.469 e. The minimum atomic E-state index is -0.168. The number of benzene rings is 1. The fourth-order valence-electron chi connectivity index (χ4n) is 2.44. The molecule has 0 radical (unpaired) electrons. The van der Waals surface area contributed by atoms with Crippen LogP contribution >= 0.6 is 0 Å². The molecular weight excluding hydrogens is 294 g/mol. The summed E-state index contributed by atoms with van der Waals surface area (Å²) in [5.74, 6) is -0.324. The molecule has 0 saturated carbocycles. The molecule has 1 aromatic heterocycles. The zero-order chi connectivity index (χ0) is 16.7. The number of nitrogens with one attached hydrogen (secondary N) is 2. The van der Waals surface area contributed by atoms with Gasteiger partial charge in [-0.25, -0.2) is 0 Å². The highest BCUT2D eigenvalue weighted by Crippen LogP contribution is 2.17. The summed E-state index contributed by atoms with van der Waals surface area (Å²) in [7, 11) is 1.40. The summed E-state index contributed by atoms with van der Waals surface area (Å²) in [6.45, 7) is 2.60. The lowest BCUT2D eigenvalue weighted by Crippen LogP contribution is -2.25. The summed E-state index contributed by atoms with van der Waals surface area (Å²) in [6, 6.07) is 5.87. The van der Waals surface area contributed by atoms with E-state index < -0.39 is 0 Å². The van der Waals surface area contributed by atoms with Crippen LogP contribution in [0.1, 0.15) is 48.2 Å². The van der Waals surface area contributed by atoms with Gasteiger partial charge in [0, 0.05) is 18.4 Å². The number of nitrogens with zero attached hydrogens (tertiary/aromatic N) is 1. The maximum atomic E-state index is 12.2. The Labute approximate surface area is 135 Å². The molecule has 6 nitrogen and oxygen atoms in total. The third-order valence-electron chi connectivity index (χ3n) is 3.75. The highest BCUT2D eigenvalue weighted by molar-refractivity contribution is 6.04. The van der Waals surface area contributed by atoms with Crippen molar-refractivity contribution in [3.63, 3.8) is 0 Å². The number of methoxy groups -OCH3 is 1. The van der Waals surface area contributed by atoms with Gasteiger partial charge in [0.1, 0.15) is 0 Å². The second-order valence-electron chi connectivity index (χ2n) is 5.62. The number of amides is 1. The van der Waals surface area contributed by atoms with Crippen molar-refractivity contribution in [2.75, 3.05) is 13.7 Å². The molecule has 0 aliphatic heterocycles. The molecule has 0 unspecified atom stereocenters. The molecule has 0 aliphatic rings. The van der Waals surface area contributed by atoms with E-state index in [2.05, 4.69) is 20.3 Å². The van der Waals surface area contributed by atoms with E-state index in [-0.39, 0.29) is 11.9 Å². The molecule has 2 rings (SSSR count). The Bertz CT molecular complexity index is 679. The lowest BCUT2D eigenvalue weighted by molar-refractivity contribution is -0.140. The summed E-state index contributed by atoms with van der Waals surface area (Å²) in [5.41, 5.74) is 2.40. The van der Waals surface area contributed by atoms with E-state index in [9.17, 15) is 9.59 Å². The van der Waals surface area contributed by atoms with Gasteiger partial charge >= 0.3 is 5.97 Å². The lowest BCUT2D eigenvalue weighted by atomic mass is 10.1. The second kappa shape index (κ2) is 8.31. The predicted octanol–water partition coefficient (Wildman–Crippen LogP) is 2.72. The first-order valence-electron chi connectivity index (χ1n) is 7.91. The number of esters is 1. The fourth-order valence-corrected chi connectivity index (χ4v) is 2.44. The third kappa shape index (κ3) is 4.81. The van der Waals surface area contributed by atoms with Crippen molar-refractivity contribution in [3.8, 4) is 0 Å². The van der Waals surface area contributed by atoms with Crippen LogP contribution in [0.25, 0.3) is 10.9 Å². The van der Waals surface area contributed by atoms with E-state index in [4.69, 9.17) is 0 Å². The second-order valence-corrected chi connectivity index (χ2v) is 5.62. The molecular formula is C17H23N3O3. The molecule has 0 fully saturated rings. The maximum Gasteiger partial charge on any atom is 0.305 e. The van der Waals surface area contributed by atoms with E-state index >= 15 is 0 Å². The van der Waals surface area contributed by atoms with Gasteiger partial charge in [-0.1, -0.05) is 24.5 Å². The van der Waals surface area contributed by atoms with Gasteiger partial charge in [-0.2, -0.15) is 5.10 Å². The van der Waals surface area contributed by atoms with Crippen molar-refractivity contribution in [2.45, 2.75) is 39.0 Å². The molecule has 0 aliphatic carbocycles. The third-order valence-corrected chi connectivity index (χ3v) is 3.75. The van der Waals surface area contributed by atoms with E-state index in [1.54, 1.807) is 0 Å². The average molecular weight is 317 g/mol. The van der Waals surface area contributed by atoms with Gasteiger partial charge in [-0.15, -0.1) is 0 Å². The number of unbranched alkanes of at least 4 members (excludes halogenated alkanes) is 3. The molecule has 0 atom stereocenters. The SMILES string of the molecule is COC(=O)CCCCCCNC(=O)c1n[nH]c2ccc(C)cc12. The van der Waals surface area contributed by atoms with Crippen molar-refractivity contribution >= 4 is 22.8 Å². The van der Waals surface area contributed by atoms with E-state index in [0.29, 0.717) is 18.7 Å². The minimum absolute atomic E-state index is 0.156.